The highest BCUT2D eigenvalue weighted by atomic mass is 19.4. The largest absolute Gasteiger partial charge is 0.409 e. The van der Waals surface area contributed by atoms with Crippen molar-refractivity contribution in [2.24, 2.45) is 16.3 Å². The molecule has 1 aliphatic heterocycles. The van der Waals surface area contributed by atoms with E-state index in [1.54, 1.807) is 0 Å². The van der Waals surface area contributed by atoms with Crippen LogP contribution in [-0.2, 0) is 4.79 Å². The van der Waals surface area contributed by atoms with E-state index in [9.17, 15) is 18.0 Å². The normalized spacial score (nSPS) is 28.6. The lowest BCUT2D eigenvalue weighted by Gasteiger charge is -2.23. The van der Waals surface area contributed by atoms with Gasteiger partial charge in [0.05, 0.1) is 12.8 Å². The highest BCUT2D eigenvalue weighted by Crippen LogP contribution is 2.37. The zero-order valence-electron chi connectivity index (χ0n) is 5.85. The van der Waals surface area contributed by atoms with Crippen LogP contribution in [0.3, 0.4) is 0 Å². The van der Waals surface area contributed by atoms with Gasteiger partial charge in [0.15, 0.2) is 5.41 Å². The van der Waals surface area contributed by atoms with Gasteiger partial charge in [0, 0.05) is 0 Å². The van der Waals surface area contributed by atoms with Crippen LogP contribution < -0.4 is 11.2 Å². The van der Waals surface area contributed by atoms with Crippen molar-refractivity contribution < 1.29 is 18.0 Å². The summed E-state index contributed by atoms with van der Waals surface area (Å²) in [7, 11) is 0. The summed E-state index contributed by atoms with van der Waals surface area (Å²) >= 11 is 0. The predicted molar refractivity (Wildman–Crippen MR) is 34.2 cm³/mol. The third kappa shape index (κ3) is 1.01. The standard InChI is InChI=1S/C5H6F3N3O/c6-5(7,8)4(3(9)12)1-10-11-2-4/h1,11H,2H2,(H2,9,12). The average molecular weight is 181 g/mol. The van der Waals surface area contributed by atoms with Crippen LogP contribution in [0.1, 0.15) is 0 Å². The molecule has 1 unspecified atom stereocenters. The Balaban J connectivity index is 3.04. The molecule has 0 aliphatic carbocycles. The Morgan fingerprint density at radius 2 is 2.25 bits per heavy atom. The Bertz CT molecular complexity index is 237. The van der Waals surface area contributed by atoms with Crippen LogP contribution in [0.25, 0.3) is 0 Å². The van der Waals surface area contributed by atoms with Gasteiger partial charge in [-0.2, -0.15) is 18.3 Å². The molecule has 4 nitrogen and oxygen atoms in total. The van der Waals surface area contributed by atoms with E-state index in [0.29, 0.717) is 6.21 Å². The van der Waals surface area contributed by atoms with E-state index in [2.05, 4.69) is 10.8 Å². The molecule has 0 aromatic heterocycles. The molecule has 0 aromatic carbocycles. The molecular formula is C5H6F3N3O. The van der Waals surface area contributed by atoms with Crippen molar-refractivity contribution in [2.45, 2.75) is 6.18 Å². The second-order valence-electron chi connectivity index (χ2n) is 2.43. The number of hydrogen-bond acceptors (Lipinski definition) is 3. The minimum atomic E-state index is -4.69. The number of nitrogens with two attached hydrogens (primary N) is 1. The van der Waals surface area contributed by atoms with E-state index in [-0.39, 0.29) is 0 Å². The van der Waals surface area contributed by atoms with E-state index < -0.39 is 24.0 Å². The maximum atomic E-state index is 12.2. The Morgan fingerprint density at radius 1 is 1.67 bits per heavy atom. The van der Waals surface area contributed by atoms with Gasteiger partial charge in [0.25, 0.3) is 0 Å². The van der Waals surface area contributed by atoms with E-state index in [4.69, 9.17) is 0 Å². The number of rotatable bonds is 1. The van der Waals surface area contributed by atoms with E-state index in [1.807, 2.05) is 5.43 Å². The molecule has 0 bridgehead atoms. The highest BCUT2D eigenvalue weighted by molar-refractivity contribution is 5.99. The Morgan fingerprint density at radius 3 is 2.42 bits per heavy atom. The van der Waals surface area contributed by atoms with Gasteiger partial charge in [-0.15, -0.1) is 0 Å². The molecule has 7 heteroatoms. The van der Waals surface area contributed by atoms with Crippen LogP contribution in [0.15, 0.2) is 5.10 Å². The van der Waals surface area contributed by atoms with Gasteiger partial charge < -0.3 is 11.2 Å². The molecule has 1 amide bonds. The Hall–Kier alpha value is -1.27. The van der Waals surface area contributed by atoms with Crippen LogP contribution in [0.2, 0.25) is 0 Å². The number of amides is 1. The van der Waals surface area contributed by atoms with Gasteiger partial charge in [-0.3, -0.25) is 4.79 Å². The fourth-order valence-electron chi connectivity index (χ4n) is 0.836. The summed E-state index contributed by atoms with van der Waals surface area (Å²) in [5, 5.41) is 3.13. The molecule has 0 saturated carbocycles. The van der Waals surface area contributed by atoms with Crippen LogP contribution in [0, 0.1) is 5.41 Å². The van der Waals surface area contributed by atoms with Crippen LogP contribution in [0.4, 0.5) is 13.2 Å². The first-order valence-electron chi connectivity index (χ1n) is 3.04. The first-order valence-corrected chi connectivity index (χ1v) is 3.04. The maximum Gasteiger partial charge on any atom is 0.409 e. The number of carbonyl (C=O) groups is 1. The van der Waals surface area contributed by atoms with Gasteiger partial charge in [0.1, 0.15) is 0 Å². The number of nitrogens with one attached hydrogen (secondary N) is 1. The SMILES string of the molecule is NC(=O)C1(C(F)(F)F)C=NNC1. The van der Waals surface area contributed by atoms with Crippen molar-refractivity contribution in [1.82, 2.24) is 5.43 Å². The summed E-state index contributed by atoms with van der Waals surface area (Å²) in [6.07, 6.45) is -4.19. The summed E-state index contributed by atoms with van der Waals surface area (Å²) in [5.41, 5.74) is 4.05. The zero-order chi connectivity index (χ0) is 9.41. The van der Waals surface area contributed by atoms with E-state index in [0.717, 1.165) is 0 Å². The van der Waals surface area contributed by atoms with Crippen LogP contribution in [0.5, 0.6) is 0 Å². The second-order valence-corrected chi connectivity index (χ2v) is 2.43. The predicted octanol–water partition coefficient (Wildman–Crippen LogP) is -0.391. The summed E-state index contributed by atoms with van der Waals surface area (Å²) in [4.78, 5) is 10.5. The van der Waals surface area contributed by atoms with Crippen molar-refractivity contribution in [3.05, 3.63) is 0 Å². The molecule has 68 valence electrons. The average Bonchev–Trinajstić information content (AvgIpc) is 2.31. The lowest BCUT2D eigenvalue weighted by molar-refractivity contribution is -0.194. The Kier molecular flexibility index (Phi) is 1.73. The van der Waals surface area contributed by atoms with Crippen LogP contribution >= 0.6 is 0 Å². The van der Waals surface area contributed by atoms with Gasteiger partial charge >= 0.3 is 6.18 Å². The Labute approximate surface area is 65.6 Å². The summed E-state index contributed by atoms with van der Waals surface area (Å²) < 4.78 is 36.7. The van der Waals surface area contributed by atoms with Crippen molar-refractivity contribution in [1.29, 1.82) is 0 Å². The summed E-state index contributed by atoms with van der Waals surface area (Å²) in [6, 6.07) is 0. The second kappa shape index (κ2) is 2.36. The highest BCUT2D eigenvalue weighted by Gasteiger charge is 2.60. The lowest BCUT2D eigenvalue weighted by atomic mass is 9.89. The van der Waals surface area contributed by atoms with Gasteiger partial charge in [-0.1, -0.05) is 0 Å². The molecule has 0 fully saturated rings. The van der Waals surface area contributed by atoms with Crippen molar-refractivity contribution in [2.75, 3.05) is 6.54 Å². The summed E-state index contributed by atoms with van der Waals surface area (Å²) in [6.45, 7) is -0.619. The number of alkyl halides is 3. The zero-order valence-corrected chi connectivity index (χ0v) is 5.85. The van der Waals surface area contributed by atoms with Crippen molar-refractivity contribution in [3.63, 3.8) is 0 Å². The fraction of sp³-hybridized carbons (Fsp3) is 0.600. The minimum Gasteiger partial charge on any atom is -0.369 e. The number of nitrogens with zero attached hydrogens (tertiary/aromatic N) is 1. The molecule has 0 aromatic rings. The minimum absolute atomic E-state index is 0.495. The maximum absolute atomic E-state index is 12.2. The first-order chi connectivity index (χ1) is 5.40. The quantitative estimate of drug-likeness (QED) is 0.578. The smallest absolute Gasteiger partial charge is 0.369 e. The molecule has 1 atom stereocenters. The third-order valence-corrected chi connectivity index (χ3v) is 1.68. The topological polar surface area (TPSA) is 67.5 Å². The molecule has 12 heavy (non-hydrogen) atoms. The molecule has 0 saturated heterocycles. The van der Waals surface area contributed by atoms with E-state index >= 15 is 0 Å². The molecular weight excluding hydrogens is 175 g/mol. The molecule has 1 heterocycles. The third-order valence-electron chi connectivity index (χ3n) is 1.68. The van der Waals surface area contributed by atoms with Gasteiger partial charge in [0.2, 0.25) is 5.91 Å². The molecule has 0 radical (unpaired) electrons. The van der Waals surface area contributed by atoms with Crippen LogP contribution in [-0.4, -0.2) is 24.8 Å². The fourth-order valence-corrected chi connectivity index (χ4v) is 0.836. The van der Waals surface area contributed by atoms with Gasteiger partial charge in [-0.05, 0) is 0 Å². The number of carbonyl (C=O) groups excluding carboxylic acids is 1. The van der Waals surface area contributed by atoms with Crippen molar-refractivity contribution >= 4 is 12.1 Å². The molecule has 0 spiro atoms. The number of primary amides is 1. The number of halogens is 3. The molecule has 3 N–H and O–H groups in total. The van der Waals surface area contributed by atoms with Gasteiger partial charge in [-0.25, -0.2) is 0 Å². The van der Waals surface area contributed by atoms with Crippen molar-refractivity contribution in [3.8, 4) is 0 Å². The summed E-state index contributed by atoms with van der Waals surface area (Å²) in [5.74, 6) is -1.44. The number of hydrazone groups is 1. The molecule has 1 aliphatic rings. The van der Waals surface area contributed by atoms with E-state index in [1.165, 1.54) is 0 Å². The molecule has 1 rings (SSSR count). The first kappa shape index (κ1) is 8.82. The lowest BCUT2D eigenvalue weighted by Crippen LogP contribution is -2.52. The monoisotopic (exact) mass is 181 g/mol. The number of hydrogen-bond donors (Lipinski definition) is 2.